The molecule has 0 bridgehead atoms. The average Bonchev–Trinajstić information content (AvgIpc) is 2.77. The maximum Gasteiger partial charge on any atom is 0.124 e. The van der Waals surface area contributed by atoms with Gasteiger partial charge in [-0.2, -0.15) is 0 Å². The van der Waals surface area contributed by atoms with E-state index in [1.54, 1.807) is 6.26 Å². The van der Waals surface area contributed by atoms with Crippen LogP contribution in [-0.2, 0) is 0 Å². The van der Waals surface area contributed by atoms with Crippen LogP contribution in [0.2, 0.25) is 0 Å². The number of aryl methyl sites for hydroxylation is 1. The smallest absolute Gasteiger partial charge is 0.124 e. The highest BCUT2D eigenvalue weighted by atomic mass is 79.9. The van der Waals surface area contributed by atoms with Crippen molar-refractivity contribution in [1.82, 2.24) is 0 Å². The highest BCUT2D eigenvalue weighted by Gasteiger charge is 2.18. The number of hydrogen-bond acceptors (Lipinski definition) is 2. The first-order valence-corrected chi connectivity index (χ1v) is 6.96. The van der Waals surface area contributed by atoms with E-state index in [9.17, 15) is 0 Å². The van der Waals surface area contributed by atoms with Crippen LogP contribution in [0, 0.1) is 6.92 Å². The number of hydrogen-bond donors (Lipinski definition) is 0. The van der Waals surface area contributed by atoms with E-state index in [4.69, 9.17) is 20.8 Å². The second kappa shape index (κ2) is 5.81. The van der Waals surface area contributed by atoms with E-state index in [0.717, 1.165) is 27.1 Å². The summed E-state index contributed by atoms with van der Waals surface area (Å²) in [5.74, 6) is 1.66. The summed E-state index contributed by atoms with van der Waals surface area (Å²) in [6, 6.07) is 7.78. The molecule has 2 nitrogen and oxygen atoms in total. The largest absolute Gasteiger partial charge is 0.494 e. The van der Waals surface area contributed by atoms with Crippen LogP contribution in [0.5, 0.6) is 5.75 Å². The maximum absolute atomic E-state index is 6.50. The zero-order valence-electron chi connectivity index (χ0n) is 10.2. The van der Waals surface area contributed by atoms with Gasteiger partial charge in [-0.05, 0) is 38.1 Å². The van der Waals surface area contributed by atoms with Crippen molar-refractivity contribution in [3.8, 4) is 5.75 Å². The molecule has 0 amide bonds. The quantitative estimate of drug-likeness (QED) is 0.730. The molecule has 0 aliphatic heterocycles. The Bertz CT molecular complexity index is 536. The van der Waals surface area contributed by atoms with Gasteiger partial charge in [0.2, 0.25) is 0 Å². The summed E-state index contributed by atoms with van der Waals surface area (Å²) in [4.78, 5) is 0. The highest BCUT2D eigenvalue weighted by molar-refractivity contribution is 9.10. The number of ether oxygens (including phenoxy) is 1. The number of rotatable bonds is 4. The van der Waals surface area contributed by atoms with Crippen molar-refractivity contribution >= 4 is 27.5 Å². The van der Waals surface area contributed by atoms with Crippen molar-refractivity contribution < 1.29 is 9.15 Å². The predicted molar refractivity (Wildman–Crippen MR) is 76.5 cm³/mol. The molecule has 1 heterocycles. The molecule has 1 aromatic carbocycles. The van der Waals surface area contributed by atoms with E-state index in [1.807, 2.05) is 38.1 Å². The van der Waals surface area contributed by atoms with Gasteiger partial charge in [-0.25, -0.2) is 0 Å². The summed E-state index contributed by atoms with van der Waals surface area (Å²) in [5, 5.41) is -0.276. The minimum Gasteiger partial charge on any atom is -0.494 e. The van der Waals surface area contributed by atoms with Crippen molar-refractivity contribution in [2.75, 3.05) is 6.61 Å². The number of halogens is 2. The first kappa shape index (κ1) is 13.5. The van der Waals surface area contributed by atoms with Crippen LogP contribution in [-0.4, -0.2) is 6.61 Å². The Labute approximate surface area is 120 Å². The molecule has 18 heavy (non-hydrogen) atoms. The van der Waals surface area contributed by atoms with Crippen LogP contribution in [0.3, 0.4) is 0 Å². The van der Waals surface area contributed by atoms with Crippen molar-refractivity contribution in [2.24, 2.45) is 0 Å². The lowest BCUT2D eigenvalue weighted by Gasteiger charge is -2.14. The van der Waals surface area contributed by atoms with Gasteiger partial charge in [-0.3, -0.25) is 0 Å². The first-order valence-electron chi connectivity index (χ1n) is 5.73. The third-order valence-electron chi connectivity index (χ3n) is 2.59. The summed E-state index contributed by atoms with van der Waals surface area (Å²) in [5.41, 5.74) is 1.88. The molecule has 1 atom stereocenters. The second-order valence-corrected chi connectivity index (χ2v) is 5.32. The van der Waals surface area contributed by atoms with Gasteiger partial charge in [-0.1, -0.05) is 15.9 Å². The van der Waals surface area contributed by atoms with E-state index in [1.165, 1.54) is 0 Å². The van der Waals surface area contributed by atoms with Crippen LogP contribution in [0.4, 0.5) is 0 Å². The summed E-state index contributed by atoms with van der Waals surface area (Å²) in [6.07, 6.45) is 1.68. The monoisotopic (exact) mass is 328 g/mol. The summed E-state index contributed by atoms with van der Waals surface area (Å²) in [7, 11) is 0. The molecule has 0 aliphatic rings. The van der Waals surface area contributed by atoms with Crippen molar-refractivity contribution in [1.29, 1.82) is 0 Å². The molecule has 0 aliphatic carbocycles. The molecule has 0 saturated heterocycles. The molecule has 0 spiro atoms. The van der Waals surface area contributed by atoms with Crippen LogP contribution < -0.4 is 4.74 Å². The molecule has 2 rings (SSSR count). The molecule has 96 valence electrons. The van der Waals surface area contributed by atoms with Crippen LogP contribution >= 0.6 is 27.5 Å². The summed E-state index contributed by atoms with van der Waals surface area (Å²) >= 11 is 9.95. The third-order valence-corrected chi connectivity index (χ3v) is 3.57. The van der Waals surface area contributed by atoms with Crippen molar-refractivity contribution in [3.05, 3.63) is 51.9 Å². The zero-order chi connectivity index (χ0) is 13.1. The van der Waals surface area contributed by atoms with Gasteiger partial charge in [-0.15, -0.1) is 11.6 Å². The van der Waals surface area contributed by atoms with Gasteiger partial charge in [0.15, 0.2) is 0 Å². The molecule has 4 heteroatoms. The predicted octanol–water partition coefficient (Wildman–Crippen LogP) is 5.08. The van der Waals surface area contributed by atoms with Crippen molar-refractivity contribution in [2.45, 2.75) is 19.2 Å². The van der Waals surface area contributed by atoms with Gasteiger partial charge in [0.05, 0.1) is 18.2 Å². The molecule has 1 aromatic heterocycles. The zero-order valence-corrected chi connectivity index (χ0v) is 12.6. The van der Waals surface area contributed by atoms with Gasteiger partial charge >= 0.3 is 0 Å². The van der Waals surface area contributed by atoms with Gasteiger partial charge in [0.1, 0.15) is 11.5 Å². The average molecular weight is 330 g/mol. The Hall–Kier alpha value is -0.930. The SMILES string of the molecule is CCOc1ccc(Br)cc1C(Cl)c1coc(C)c1. The molecular weight excluding hydrogens is 316 g/mol. The van der Waals surface area contributed by atoms with E-state index in [0.29, 0.717) is 6.61 Å². The van der Waals surface area contributed by atoms with E-state index in [-0.39, 0.29) is 5.38 Å². The number of alkyl halides is 1. The van der Waals surface area contributed by atoms with E-state index in [2.05, 4.69) is 15.9 Å². The lowest BCUT2D eigenvalue weighted by Crippen LogP contribution is -1.99. The fourth-order valence-electron chi connectivity index (χ4n) is 1.78. The number of furan rings is 1. The Morgan fingerprint density at radius 1 is 1.39 bits per heavy atom. The molecule has 0 radical (unpaired) electrons. The molecular formula is C14H14BrClO2. The Morgan fingerprint density at radius 3 is 2.78 bits per heavy atom. The van der Waals surface area contributed by atoms with Gasteiger partial charge in [0.25, 0.3) is 0 Å². The summed E-state index contributed by atoms with van der Waals surface area (Å²) < 4.78 is 11.9. The molecule has 0 saturated carbocycles. The standard InChI is InChI=1S/C14H14BrClO2/c1-3-17-13-5-4-11(15)7-12(13)14(16)10-6-9(2)18-8-10/h4-8,14H,3H2,1-2H3. The second-order valence-electron chi connectivity index (χ2n) is 3.97. The Morgan fingerprint density at radius 2 is 2.17 bits per heavy atom. The molecule has 2 aromatic rings. The van der Waals surface area contributed by atoms with Crippen molar-refractivity contribution in [3.63, 3.8) is 0 Å². The normalized spacial score (nSPS) is 12.4. The fourth-order valence-corrected chi connectivity index (χ4v) is 2.44. The van der Waals surface area contributed by atoms with E-state index >= 15 is 0 Å². The lowest BCUT2D eigenvalue weighted by molar-refractivity contribution is 0.337. The number of benzene rings is 1. The lowest BCUT2D eigenvalue weighted by atomic mass is 10.1. The minimum absolute atomic E-state index is 0.276. The van der Waals surface area contributed by atoms with E-state index < -0.39 is 0 Å². The van der Waals surface area contributed by atoms with Gasteiger partial charge < -0.3 is 9.15 Å². The maximum atomic E-state index is 6.50. The summed E-state index contributed by atoms with van der Waals surface area (Å²) in [6.45, 7) is 4.47. The topological polar surface area (TPSA) is 22.4 Å². The van der Waals surface area contributed by atoms with Gasteiger partial charge in [0, 0.05) is 15.6 Å². The first-order chi connectivity index (χ1) is 8.61. The molecule has 0 fully saturated rings. The Kier molecular flexibility index (Phi) is 4.36. The third kappa shape index (κ3) is 2.90. The van der Waals surface area contributed by atoms with Crippen LogP contribution in [0.25, 0.3) is 0 Å². The van der Waals surface area contributed by atoms with Crippen LogP contribution in [0.1, 0.15) is 29.2 Å². The molecule has 0 N–H and O–H groups in total. The fraction of sp³-hybridized carbons (Fsp3) is 0.286. The minimum atomic E-state index is -0.276. The highest BCUT2D eigenvalue weighted by Crippen LogP contribution is 2.37. The Balaban J connectivity index is 2.39. The molecule has 1 unspecified atom stereocenters. The van der Waals surface area contributed by atoms with Crippen LogP contribution in [0.15, 0.2) is 39.4 Å².